The first kappa shape index (κ1) is 12.8. The molecule has 0 amide bonds. The van der Waals surface area contributed by atoms with Crippen molar-refractivity contribution >= 4 is 0 Å². The fourth-order valence-corrected chi connectivity index (χ4v) is 4.10. The molecule has 3 aliphatic rings. The van der Waals surface area contributed by atoms with Gasteiger partial charge in [0, 0.05) is 19.5 Å². The minimum absolute atomic E-state index is 0.133. The van der Waals surface area contributed by atoms with Gasteiger partial charge >= 0.3 is 0 Å². The lowest BCUT2D eigenvalue weighted by molar-refractivity contribution is -0.0737. The monoisotopic (exact) mass is 259 g/mol. The Morgan fingerprint density at radius 2 is 1.83 bits per heavy atom. The van der Waals surface area contributed by atoms with Crippen molar-refractivity contribution in [3.05, 3.63) is 0 Å². The molecule has 1 saturated heterocycles. The quantitative estimate of drug-likeness (QED) is 0.824. The van der Waals surface area contributed by atoms with Crippen molar-refractivity contribution < 1.29 is 13.9 Å². The molecule has 2 aliphatic carbocycles. The van der Waals surface area contributed by atoms with E-state index in [1.807, 2.05) is 4.90 Å². The highest BCUT2D eigenvalue weighted by molar-refractivity contribution is 5.01. The number of aliphatic hydroxyl groups excluding tert-OH is 1. The molecule has 1 spiro atoms. The number of nitrogens with zero attached hydrogens (tertiary/aromatic N) is 1. The Hall–Kier alpha value is -0.220. The summed E-state index contributed by atoms with van der Waals surface area (Å²) in [5.41, 5.74) is 0.447. The van der Waals surface area contributed by atoms with E-state index < -0.39 is 18.1 Å². The molecule has 0 aromatic heterocycles. The summed E-state index contributed by atoms with van der Waals surface area (Å²) in [6.07, 6.45) is 5.00. The molecule has 1 N–H and O–H groups in total. The van der Waals surface area contributed by atoms with Gasteiger partial charge in [-0.1, -0.05) is 19.8 Å². The molecule has 1 aliphatic heterocycles. The van der Waals surface area contributed by atoms with E-state index in [1.165, 1.54) is 19.3 Å². The molecular weight excluding hydrogens is 236 g/mol. The van der Waals surface area contributed by atoms with Gasteiger partial charge in [0.15, 0.2) is 0 Å². The van der Waals surface area contributed by atoms with E-state index in [0.29, 0.717) is 5.41 Å². The van der Waals surface area contributed by atoms with Gasteiger partial charge < -0.3 is 5.11 Å². The second-order valence-electron chi connectivity index (χ2n) is 6.68. The van der Waals surface area contributed by atoms with Crippen LogP contribution in [0.1, 0.15) is 45.4 Å². The van der Waals surface area contributed by atoms with Crippen molar-refractivity contribution in [2.24, 2.45) is 17.3 Å². The van der Waals surface area contributed by atoms with Crippen molar-refractivity contribution in [2.75, 3.05) is 13.1 Å². The van der Waals surface area contributed by atoms with Crippen LogP contribution >= 0.6 is 0 Å². The van der Waals surface area contributed by atoms with E-state index in [4.69, 9.17) is 0 Å². The van der Waals surface area contributed by atoms with Crippen molar-refractivity contribution in [1.29, 1.82) is 0 Å². The minimum Gasteiger partial charge on any atom is -0.378 e. The summed E-state index contributed by atoms with van der Waals surface area (Å²) in [6.45, 7) is 3.91. The molecule has 2 saturated carbocycles. The number of halogens is 2. The zero-order valence-corrected chi connectivity index (χ0v) is 11.0. The van der Waals surface area contributed by atoms with E-state index in [2.05, 4.69) is 6.92 Å². The van der Waals surface area contributed by atoms with Crippen LogP contribution in [0.25, 0.3) is 0 Å². The third-order valence-corrected chi connectivity index (χ3v) is 5.76. The molecule has 4 heteroatoms. The van der Waals surface area contributed by atoms with E-state index in [9.17, 15) is 13.9 Å². The molecule has 3 fully saturated rings. The van der Waals surface area contributed by atoms with E-state index in [0.717, 1.165) is 31.8 Å². The first-order valence-electron chi connectivity index (χ1n) is 7.25. The predicted octanol–water partition coefficient (Wildman–Crippen LogP) is 2.86. The largest absolute Gasteiger partial charge is 0.378 e. The van der Waals surface area contributed by atoms with Crippen LogP contribution in [0.3, 0.4) is 0 Å². The topological polar surface area (TPSA) is 23.5 Å². The number of piperidine rings is 1. The second kappa shape index (κ2) is 4.14. The summed E-state index contributed by atoms with van der Waals surface area (Å²) in [6, 6.07) is 0. The predicted molar refractivity (Wildman–Crippen MR) is 65.3 cm³/mol. The maximum absolute atomic E-state index is 13.0. The number of aliphatic hydroxyl groups is 1. The van der Waals surface area contributed by atoms with Crippen LogP contribution in [-0.2, 0) is 0 Å². The van der Waals surface area contributed by atoms with Crippen LogP contribution in [0.5, 0.6) is 0 Å². The molecule has 18 heavy (non-hydrogen) atoms. The van der Waals surface area contributed by atoms with E-state index >= 15 is 0 Å². The maximum atomic E-state index is 13.0. The normalized spacial score (nSPS) is 40.0. The zero-order chi connectivity index (χ0) is 13.0. The first-order chi connectivity index (χ1) is 8.45. The van der Waals surface area contributed by atoms with E-state index in [1.54, 1.807) is 0 Å². The zero-order valence-electron chi connectivity index (χ0n) is 11.0. The third-order valence-electron chi connectivity index (χ3n) is 5.76. The SMILES string of the molecule is C[C@H]1CCCC12CCN(C(O)C1CC1(F)F)CC2. The van der Waals surface area contributed by atoms with Crippen molar-refractivity contribution in [3.8, 4) is 0 Å². The average molecular weight is 259 g/mol. The Labute approximate surface area is 107 Å². The Kier molecular flexibility index (Phi) is 2.94. The molecule has 0 radical (unpaired) electrons. The van der Waals surface area contributed by atoms with Crippen LogP contribution in [0.15, 0.2) is 0 Å². The summed E-state index contributed by atoms with van der Waals surface area (Å²) in [5, 5.41) is 9.99. The van der Waals surface area contributed by atoms with Gasteiger partial charge in [-0.3, -0.25) is 4.90 Å². The lowest BCUT2D eigenvalue weighted by Gasteiger charge is -2.43. The second-order valence-corrected chi connectivity index (χ2v) is 6.68. The molecule has 1 heterocycles. The average Bonchev–Trinajstić information content (AvgIpc) is 2.84. The molecule has 2 nitrogen and oxygen atoms in total. The smallest absolute Gasteiger partial charge is 0.255 e. The standard InChI is InChI=1S/C14H23F2NO/c1-10-3-2-4-13(10)5-7-17(8-6-13)12(18)11-9-14(11,15)16/h10-12,18H,2-9H2,1H3/t10-,11?,12?/m0/s1. The van der Waals surface area contributed by atoms with Gasteiger partial charge in [-0.25, -0.2) is 8.78 Å². The van der Waals surface area contributed by atoms with Crippen molar-refractivity contribution in [2.45, 2.75) is 57.6 Å². The fraction of sp³-hybridized carbons (Fsp3) is 1.00. The van der Waals surface area contributed by atoms with E-state index in [-0.39, 0.29) is 6.42 Å². The summed E-state index contributed by atoms with van der Waals surface area (Å²) in [7, 11) is 0. The summed E-state index contributed by atoms with van der Waals surface area (Å²) in [5.74, 6) is -2.67. The Balaban J connectivity index is 1.57. The molecule has 0 bridgehead atoms. The van der Waals surface area contributed by atoms with Gasteiger partial charge in [0.1, 0.15) is 6.23 Å². The molecular formula is C14H23F2NO. The van der Waals surface area contributed by atoms with Crippen LogP contribution in [0, 0.1) is 17.3 Å². The van der Waals surface area contributed by atoms with Crippen LogP contribution in [0.2, 0.25) is 0 Å². The summed E-state index contributed by atoms with van der Waals surface area (Å²) < 4.78 is 25.9. The van der Waals surface area contributed by atoms with Gasteiger partial charge in [-0.05, 0) is 30.6 Å². The third kappa shape index (κ3) is 1.97. The number of alkyl halides is 2. The van der Waals surface area contributed by atoms with Gasteiger partial charge in [-0.2, -0.15) is 0 Å². The molecule has 104 valence electrons. The number of hydrogen-bond donors (Lipinski definition) is 1. The summed E-state index contributed by atoms with van der Waals surface area (Å²) >= 11 is 0. The lowest BCUT2D eigenvalue weighted by Crippen LogP contribution is -2.47. The lowest BCUT2D eigenvalue weighted by atomic mass is 9.71. The Morgan fingerprint density at radius 3 is 2.28 bits per heavy atom. The highest BCUT2D eigenvalue weighted by Gasteiger charge is 2.61. The van der Waals surface area contributed by atoms with Crippen LogP contribution in [-0.4, -0.2) is 35.2 Å². The van der Waals surface area contributed by atoms with Gasteiger partial charge in [0.05, 0.1) is 5.92 Å². The minimum atomic E-state index is -2.62. The Bertz CT molecular complexity index is 326. The molecule has 2 unspecified atom stereocenters. The Morgan fingerprint density at radius 1 is 1.22 bits per heavy atom. The number of likely N-dealkylation sites (tertiary alicyclic amines) is 1. The van der Waals surface area contributed by atoms with Crippen LogP contribution < -0.4 is 0 Å². The van der Waals surface area contributed by atoms with Crippen molar-refractivity contribution in [1.82, 2.24) is 4.90 Å². The number of hydrogen-bond acceptors (Lipinski definition) is 2. The van der Waals surface area contributed by atoms with Crippen LogP contribution in [0.4, 0.5) is 8.78 Å². The van der Waals surface area contributed by atoms with Crippen molar-refractivity contribution in [3.63, 3.8) is 0 Å². The first-order valence-corrected chi connectivity index (χ1v) is 7.25. The fourth-order valence-electron chi connectivity index (χ4n) is 4.10. The molecule has 3 rings (SSSR count). The van der Waals surface area contributed by atoms with Gasteiger partial charge in [-0.15, -0.1) is 0 Å². The summed E-state index contributed by atoms with van der Waals surface area (Å²) in [4.78, 5) is 1.88. The molecule has 0 aromatic rings. The highest BCUT2D eigenvalue weighted by atomic mass is 19.3. The number of rotatable bonds is 2. The molecule has 3 atom stereocenters. The van der Waals surface area contributed by atoms with Gasteiger partial charge in [0.2, 0.25) is 0 Å². The van der Waals surface area contributed by atoms with Gasteiger partial charge in [0.25, 0.3) is 5.92 Å². The highest BCUT2D eigenvalue weighted by Crippen LogP contribution is 2.54. The maximum Gasteiger partial charge on any atom is 0.255 e. The molecule has 0 aromatic carbocycles.